The van der Waals surface area contributed by atoms with Crippen molar-refractivity contribution in [3.8, 4) is 0 Å². The molecule has 0 aliphatic carbocycles. The van der Waals surface area contributed by atoms with Crippen molar-refractivity contribution in [3.63, 3.8) is 0 Å². The SMILES string of the molecule is CC(F)(F)C(N)=O.O=C1CCC(c2ccccc2)N1. The number of carbonyl (C=O) groups excluding carboxylic acids is 2. The first-order chi connectivity index (χ1) is 8.80. The van der Waals surface area contributed by atoms with Crippen LogP contribution < -0.4 is 11.1 Å². The minimum atomic E-state index is -3.36. The summed E-state index contributed by atoms with van der Waals surface area (Å²) in [5.74, 6) is -4.78. The number of primary amides is 1. The predicted molar refractivity (Wildman–Crippen MR) is 66.4 cm³/mol. The lowest BCUT2D eigenvalue weighted by Gasteiger charge is -2.08. The maximum Gasteiger partial charge on any atom is 0.321 e. The van der Waals surface area contributed by atoms with E-state index in [1.54, 1.807) is 0 Å². The minimum Gasteiger partial charge on any atom is -0.364 e. The van der Waals surface area contributed by atoms with Gasteiger partial charge in [0.15, 0.2) is 0 Å². The van der Waals surface area contributed by atoms with Gasteiger partial charge in [-0.05, 0) is 12.0 Å². The molecule has 104 valence electrons. The van der Waals surface area contributed by atoms with Gasteiger partial charge in [0.25, 0.3) is 5.91 Å². The van der Waals surface area contributed by atoms with Crippen LogP contribution in [0.4, 0.5) is 8.78 Å². The molecule has 4 nitrogen and oxygen atoms in total. The van der Waals surface area contributed by atoms with Gasteiger partial charge in [-0.15, -0.1) is 0 Å². The zero-order valence-electron chi connectivity index (χ0n) is 10.5. The fourth-order valence-corrected chi connectivity index (χ4v) is 1.55. The summed E-state index contributed by atoms with van der Waals surface area (Å²) in [5, 5.41) is 2.93. The number of benzene rings is 1. The van der Waals surface area contributed by atoms with E-state index in [-0.39, 0.29) is 11.9 Å². The molecule has 1 aliphatic rings. The fraction of sp³-hybridized carbons (Fsp3) is 0.385. The minimum absolute atomic E-state index is 0.170. The van der Waals surface area contributed by atoms with Gasteiger partial charge in [0.1, 0.15) is 0 Å². The second kappa shape index (κ2) is 6.26. The first-order valence-electron chi connectivity index (χ1n) is 5.82. The summed E-state index contributed by atoms with van der Waals surface area (Å²) >= 11 is 0. The van der Waals surface area contributed by atoms with Crippen molar-refractivity contribution in [2.75, 3.05) is 0 Å². The third kappa shape index (κ3) is 5.03. The molecule has 3 N–H and O–H groups in total. The molecule has 1 fully saturated rings. The van der Waals surface area contributed by atoms with Gasteiger partial charge in [0.2, 0.25) is 5.91 Å². The van der Waals surface area contributed by atoms with Crippen molar-refractivity contribution in [2.45, 2.75) is 31.7 Å². The molecular weight excluding hydrogens is 254 g/mol. The van der Waals surface area contributed by atoms with Gasteiger partial charge in [0.05, 0.1) is 6.04 Å². The highest BCUT2D eigenvalue weighted by Crippen LogP contribution is 2.22. The van der Waals surface area contributed by atoms with Gasteiger partial charge in [-0.2, -0.15) is 8.78 Å². The third-order valence-corrected chi connectivity index (χ3v) is 2.63. The van der Waals surface area contributed by atoms with Crippen molar-refractivity contribution in [1.29, 1.82) is 0 Å². The Morgan fingerprint density at radius 3 is 2.26 bits per heavy atom. The van der Waals surface area contributed by atoms with Crippen LogP contribution in [0.5, 0.6) is 0 Å². The third-order valence-electron chi connectivity index (χ3n) is 2.63. The smallest absolute Gasteiger partial charge is 0.321 e. The highest BCUT2D eigenvalue weighted by atomic mass is 19.3. The Kier molecular flexibility index (Phi) is 4.97. The van der Waals surface area contributed by atoms with E-state index in [0.717, 1.165) is 6.42 Å². The Bertz CT molecular complexity index is 444. The Morgan fingerprint density at radius 1 is 1.37 bits per heavy atom. The van der Waals surface area contributed by atoms with Crippen LogP contribution in [0.3, 0.4) is 0 Å². The second-order valence-electron chi connectivity index (χ2n) is 4.32. The van der Waals surface area contributed by atoms with Crippen molar-refractivity contribution >= 4 is 11.8 Å². The molecule has 19 heavy (non-hydrogen) atoms. The molecule has 0 bridgehead atoms. The molecule has 1 unspecified atom stereocenters. The average Bonchev–Trinajstić information content (AvgIpc) is 2.77. The molecule has 6 heteroatoms. The number of halogens is 2. The fourth-order valence-electron chi connectivity index (χ4n) is 1.55. The van der Waals surface area contributed by atoms with Gasteiger partial charge in [-0.25, -0.2) is 0 Å². The molecule has 0 spiro atoms. The summed E-state index contributed by atoms with van der Waals surface area (Å²) in [6.45, 7) is 0.454. The predicted octanol–water partition coefficient (Wildman–Crippen LogP) is 1.76. The summed E-state index contributed by atoms with van der Waals surface area (Å²) < 4.78 is 22.7. The Balaban J connectivity index is 0.000000224. The molecule has 0 radical (unpaired) electrons. The molecule has 0 saturated carbocycles. The molecule has 1 aromatic carbocycles. The highest BCUT2D eigenvalue weighted by molar-refractivity contribution is 5.80. The van der Waals surface area contributed by atoms with Crippen LogP contribution >= 0.6 is 0 Å². The van der Waals surface area contributed by atoms with Crippen LogP contribution in [0.25, 0.3) is 0 Å². The number of amides is 2. The van der Waals surface area contributed by atoms with E-state index in [9.17, 15) is 18.4 Å². The van der Waals surface area contributed by atoms with Gasteiger partial charge < -0.3 is 11.1 Å². The van der Waals surface area contributed by atoms with E-state index in [1.807, 2.05) is 18.2 Å². The lowest BCUT2D eigenvalue weighted by molar-refractivity contribution is -0.139. The van der Waals surface area contributed by atoms with E-state index in [0.29, 0.717) is 13.3 Å². The standard InChI is InChI=1S/C10H11NO.C3H5F2NO/c12-10-7-6-9(11-10)8-4-2-1-3-5-8;1-3(4,5)2(6)7/h1-5,9H,6-7H2,(H,11,12);1H3,(H2,6,7). The molecule has 0 aromatic heterocycles. The molecular formula is C13H16F2N2O2. The van der Waals surface area contributed by atoms with Crippen LogP contribution in [0.2, 0.25) is 0 Å². The first kappa shape index (κ1) is 15.1. The molecule has 1 heterocycles. The van der Waals surface area contributed by atoms with Crippen molar-refractivity contribution in [2.24, 2.45) is 5.73 Å². The molecule has 1 aliphatic heterocycles. The van der Waals surface area contributed by atoms with Gasteiger partial charge in [-0.3, -0.25) is 9.59 Å². The van der Waals surface area contributed by atoms with Crippen LogP contribution in [0.15, 0.2) is 30.3 Å². The molecule has 1 aromatic rings. The molecule has 2 rings (SSSR count). The Labute approximate surface area is 110 Å². The van der Waals surface area contributed by atoms with Crippen LogP contribution in [0, 0.1) is 0 Å². The van der Waals surface area contributed by atoms with E-state index >= 15 is 0 Å². The highest BCUT2D eigenvalue weighted by Gasteiger charge is 2.28. The first-order valence-corrected chi connectivity index (χ1v) is 5.82. The van der Waals surface area contributed by atoms with Crippen LogP contribution in [0.1, 0.15) is 31.4 Å². The monoisotopic (exact) mass is 270 g/mol. The normalized spacial score (nSPS) is 18.3. The topological polar surface area (TPSA) is 72.2 Å². The van der Waals surface area contributed by atoms with Crippen molar-refractivity contribution < 1.29 is 18.4 Å². The van der Waals surface area contributed by atoms with E-state index in [1.165, 1.54) is 5.56 Å². The van der Waals surface area contributed by atoms with Gasteiger partial charge in [-0.1, -0.05) is 30.3 Å². The van der Waals surface area contributed by atoms with Crippen LogP contribution in [-0.2, 0) is 9.59 Å². The number of nitrogens with one attached hydrogen (secondary N) is 1. The van der Waals surface area contributed by atoms with Crippen LogP contribution in [-0.4, -0.2) is 17.7 Å². The summed E-state index contributed by atoms with van der Waals surface area (Å²) in [6.07, 6.45) is 1.60. The second-order valence-corrected chi connectivity index (χ2v) is 4.32. The zero-order chi connectivity index (χ0) is 14.5. The largest absolute Gasteiger partial charge is 0.364 e. The van der Waals surface area contributed by atoms with Crippen molar-refractivity contribution in [3.05, 3.63) is 35.9 Å². The maximum absolute atomic E-state index is 11.4. The maximum atomic E-state index is 11.4. The lowest BCUT2D eigenvalue weighted by atomic mass is 10.1. The quantitative estimate of drug-likeness (QED) is 0.859. The van der Waals surface area contributed by atoms with E-state index < -0.39 is 11.8 Å². The lowest BCUT2D eigenvalue weighted by Crippen LogP contribution is -2.31. The van der Waals surface area contributed by atoms with E-state index in [4.69, 9.17) is 0 Å². The zero-order valence-corrected chi connectivity index (χ0v) is 10.5. The van der Waals surface area contributed by atoms with E-state index in [2.05, 4.69) is 23.2 Å². The Morgan fingerprint density at radius 2 is 1.89 bits per heavy atom. The van der Waals surface area contributed by atoms with Crippen molar-refractivity contribution in [1.82, 2.24) is 5.32 Å². The molecule has 2 amide bonds. The average molecular weight is 270 g/mol. The van der Waals surface area contributed by atoms with Gasteiger partial charge >= 0.3 is 5.92 Å². The Hall–Kier alpha value is -1.98. The number of alkyl halides is 2. The number of hydrogen-bond acceptors (Lipinski definition) is 2. The molecule has 1 atom stereocenters. The summed E-state index contributed by atoms with van der Waals surface area (Å²) in [7, 11) is 0. The van der Waals surface area contributed by atoms with Gasteiger partial charge in [0, 0.05) is 13.3 Å². The summed E-state index contributed by atoms with van der Waals surface area (Å²) in [4.78, 5) is 20.4. The number of rotatable bonds is 2. The number of nitrogens with two attached hydrogens (primary N) is 1. The molecule has 1 saturated heterocycles. The summed E-state index contributed by atoms with van der Waals surface area (Å²) in [6, 6.07) is 10.3. The number of hydrogen-bond donors (Lipinski definition) is 2. The number of carbonyl (C=O) groups is 2. The summed E-state index contributed by atoms with van der Waals surface area (Å²) in [5.41, 5.74) is 5.39.